The fourth-order valence-electron chi connectivity index (χ4n) is 2.77. The minimum Gasteiger partial charge on any atom is -0.496 e. The van der Waals surface area contributed by atoms with Crippen molar-refractivity contribution in [2.24, 2.45) is 0 Å². The molecule has 0 radical (unpaired) electrons. The first-order chi connectivity index (χ1) is 9.10. The van der Waals surface area contributed by atoms with Crippen LogP contribution in [0.15, 0.2) is 18.2 Å². The summed E-state index contributed by atoms with van der Waals surface area (Å²) in [4.78, 5) is 2.40. The first kappa shape index (κ1) is 14.4. The maximum Gasteiger partial charge on any atom is 0.122 e. The van der Waals surface area contributed by atoms with Gasteiger partial charge in [-0.25, -0.2) is 0 Å². The van der Waals surface area contributed by atoms with Gasteiger partial charge in [0, 0.05) is 25.7 Å². The summed E-state index contributed by atoms with van der Waals surface area (Å²) in [6.07, 6.45) is 1.09. The van der Waals surface area contributed by atoms with Crippen LogP contribution >= 0.6 is 0 Å². The van der Waals surface area contributed by atoms with E-state index in [1.807, 2.05) is 0 Å². The van der Waals surface area contributed by atoms with E-state index in [-0.39, 0.29) is 0 Å². The number of rotatable bonds is 4. The van der Waals surface area contributed by atoms with Crippen LogP contribution in [-0.2, 0) is 6.42 Å². The van der Waals surface area contributed by atoms with Gasteiger partial charge in [-0.05, 0) is 36.6 Å². The van der Waals surface area contributed by atoms with Crippen LogP contribution in [0.25, 0.3) is 0 Å². The number of nitrogens with one attached hydrogen (secondary N) is 1. The lowest BCUT2D eigenvalue weighted by Gasteiger charge is -2.31. The second-order valence-corrected chi connectivity index (χ2v) is 5.85. The van der Waals surface area contributed by atoms with E-state index < -0.39 is 0 Å². The molecule has 1 heterocycles. The van der Waals surface area contributed by atoms with E-state index >= 15 is 0 Å². The van der Waals surface area contributed by atoms with Crippen molar-refractivity contribution < 1.29 is 4.74 Å². The zero-order valence-electron chi connectivity index (χ0n) is 12.6. The van der Waals surface area contributed by atoms with Crippen LogP contribution in [0.5, 0.6) is 5.75 Å². The SMILES string of the molecule is COc1ccc(CC2CN(C)CCN2)cc1C(C)C. The maximum atomic E-state index is 5.44. The zero-order valence-corrected chi connectivity index (χ0v) is 12.6. The summed E-state index contributed by atoms with van der Waals surface area (Å²) in [7, 11) is 3.94. The molecule has 0 bridgehead atoms. The van der Waals surface area contributed by atoms with Gasteiger partial charge in [-0.3, -0.25) is 0 Å². The molecular weight excluding hydrogens is 236 g/mol. The van der Waals surface area contributed by atoms with Crippen LogP contribution in [0.4, 0.5) is 0 Å². The number of nitrogens with zero attached hydrogens (tertiary/aromatic N) is 1. The first-order valence-corrected chi connectivity index (χ1v) is 7.19. The first-order valence-electron chi connectivity index (χ1n) is 7.19. The summed E-state index contributed by atoms with van der Waals surface area (Å²) in [6.45, 7) is 7.80. The largest absolute Gasteiger partial charge is 0.496 e. The smallest absolute Gasteiger partial charge is 0.122 e. The Morgan fingerprint density at radius 3 is 2.84 bits per heavy atom. The van der Waals surface area contributed by atoms with E-state index in [0.717, 1.165) is 31.8 Å². The molecule has 1 atom stereocenters. The van der Waals surface area contributed by atoms with Gasteiger partial charge in [-0.2, -0.15) is 0 Å². The van der Waals surface area contributed by atoms with E-state index in [1.165, 1.54) is 11.1 Å². The number of piperazine rings is 1. The predicted octanol–water partition coefficient (Wildman–Crippen LogP) is 2.26. The average Bonchev–Trinajstić information content (AvgIpc) is 2.38. The van der Waals surface area contributed by atoms with Crippen molar-refractivity contribution in [3.05, 3.63) is 29.3 Å². The summed E-state index contributed by atoms with van der Waals surface area (Å²) < 4.78 is 5.44. The Balaban J connectivity index is 2.10. The number of methoxy groups -OCH3 is 1. The lowest BCUT2D eigenvalue weighted by atomic mass is 9.96. The van der Waals surface area contributed by atoms with Gasteiger partial charge in [-0.1, -0.05) is 26.0 Å². The number of benzene rings is 1. The fraction of sp³-hybridized carbons (Fsp3) is 0.625. The van der Waals surface area contributed by atoms with Crippen molar-refractivity contribution in [1.82, 2.24) is 10.2 Å². The molecule has 1 N–H and O–H groups in total. The van der Waals surface area contributed by atoms with E-state index in [9.17, 15) is 0 Å². The molecule has 0 saturated carbocycles. The summed E-state index contributed by atoms with van der Waals surface area (Å²) in [5, 5.41) is 3.60. The molecule has 0 aromatic heterocycles. The Morgan fingerprint density at radius 1 is 1.42 bits per heavy atom. The second kappa shape index (κ2) is 6.40. The zero-order chi connectivity index (χ0) is 13.8. The standard InChI is InChI=1S/C16H26N2O/c1-12(2)15-10-13(5-6-16(15)19-4)9-14-11-18(3)8-7-17-14/h5-6,10,12,14,17H,7-9,11H2,1-4H3. The second-order valence-electron chi connectivity index (χ2n) is 5.85. The van der Waals surface area contributed by atoms with Crippen molar-refractivity contribution in [3.63, 3.8) is 0 Å². The average molecular weight is 262 g/mol. The molecule has 2 rings (SSSR count). The van der Waals surface area contributed by atoms with Gasteiger partial charge in [0.25, 0.3) is 0 Å². The van der Waals surface area contributed by atoms with Gasteiger partial charge in [0.2, 0.25) is 0 Å². The Labute approximate surface area is 116 Å². The highest BCUT2D eigenvalue weighted by Gasteiger charge is 2.17. The molecule has 3 heteroatoms. The molecule has 1 aliphatic heterocycles. The highest BCUT2D eigenvalue weighted by molar-refractivity contribution is 5.39. The molecule has 1 fully saturated rings. The summed E-state index contributed by atoms with van der Waals surface area (Å²) >= 11 is 0. The molecule has 19 heavy (non-hydrogen) atoms. The molecule has 1 saturated heterocycles. The van der Waals surface area contributed by atoms with Crippen molar-refractivity contribution in [1.29, 1.82) is 0 Å². The Hall–Kier alpha value is -1.06. The molecule has 1 aromatic carbocycles. The number of likely N-dealkylation sites (N-methyl/N-ethyl adjacent to an activating group) is 1. The Kier molecular flexibility index (Phi) is 4.83. The third-order valence-corrected chi connectivity index (χ3v) is 3.86. The van der Waals surface area contributed by atoms with Gasteiger partial charge in [0.1, 0.15) is 5.75 Å². The number of ether oxygens (including phenoxy) is 1. The Morgan fingerprint density at radius 2 is 2.21 bits per heavy atom. The van der Waals surface area contributed by atoms with Gasteiger partial charge >= 0.3 is 0 Å². The van der Waals surface area contributed by atoms with Crippen molar-refractivity contribution in [2.45, 2.75) is 32.2 Å². The topological polar surface area (TPSA) is 24.5 Å². The predicted molar refractivity (Wildman–Crippen MR) is 80.1 cm³/mol. The minimum absolute atomic E-state index is 0.497. The van der Waals surface area contributed by atoms with E-state index in [4.69, 9.17) is 4.74 Å². The molecule has 0 aliphatic carbocycles. The molecule has 1 aromatic rings. The summed E-state index contributed by atoms with van der Waals surface area (Å²) in [5.41, 5.74) is 2.71. The van der Waals surface area contributed by atoms with Crippen molar-refractivity contribution in [3.8, 4) is 5.75 Å². The minimum atomic E-state index is 0.497. The maximum absolute atomic E-state index is 5.44. The van der Waals surface area contributed by atoms with Gasteiger partial charge < -0.3 is 15.0 Å². The van der Waals surface area contributed by atoms with Crippen LogP contribution in [0.3, 0.4) is 0 Å². The number of hydrogen-bond donors (Lipinski definition) is 1. The molecular formula is C16H26N2O. The van der Waals surface area contributed by atoms with Crippen molar-refractivity contribution >= 4 is 0 Å². The third-order valence-electron chi connectivity index (χ3n) is 3.86. The van der Waals surface area contributed by atoms with Crippen molar-refractivity contribution in [2.75, 3.05) is 33.8 Å². The van der Waals surface area contributed by atoms with E-state index in [2.05, 4.69) is 49.3 Å². The number of hydrogen-bond acceptors (Lipinski definition) is 3. The fourth-order valence-corrected chi connectivity index (χ4v) is 2.77. The molecule has 3 nitrogen and oxygen atoms in total. The molecule has 0 amide bonds. The van der Waals surface area contributed by atoms with Gasteiger partial charge in [-0.15, -0.1) is 0 Å². The molecule has 1 aliphatic rings. The highest BCUT2D eigenvalue weighted by atomic mass is 16.5. The lowest BCUT2D eigenvalue weighted by Crippen LogP contribution is -2.49. The van der Waals surface area contributed by atoms with Crippen LogP contribution < -0.4 is 10.1 Å². The van der Waals surface area contributed by atoms with Gasteiger partial charge in [0.15, 0.2) is 0 Å². The monoisotopic (exact) mass is 262 g/mol. The van der Waals surface area contributed by atoms with E-state index in [1.54, 1.807) is 7.11 Å². The van der Waals surface area contributed by atoms with Crippen LogP contribution in [-0.4, -0.2) is 44.7 Å². The lowest BCUT2D eigenvalue weighted by molar-refractivity contribution is 0.238. The molecule has 1 unspecified atom stereocenters. The van der Waals surface area contributed by atoms with Crippen LogP contribution in [0.2, 0.25) is 0 Å². The third kappa shape index (κ3) is 3.71. The van der Waals surface area contributed by atoms with Crippen LogP contribution in [0.1, 0.15) is 30.9 Å². The molecule has 106 valence electrons. The van der Waals surface area contributed by atoms with E-state index in [0.29, 0.717) is 12.0 Å². The van der Waals surface area contributed by atoms with Crippen LogP contribution in [0, 0.1) is 0 Å². The normalized spacial score (nSPS) is 20.8. The summed E-state index contributed by atoms with van der Waals surface area (Å²) in [5.74, 6) is 1.50. The molecule has 0 spiro atoms. The highest BCUT2D eigenvalue weighted by Crippen LogP contribution is 2.27. The summed E-state index contributed by atoms with van der Waals surface area (Å²) in [6, 6.07) is 7.17. The Bertz CT molecular complexity index is 417. The quantitative estimate of drug-likeness (QED) is 0.901. The van der Waals surface area contributed by atoms with Gasteiger partial charge in [0.05, 0.1) is 7.11 Å².